The van der Waals surface area contributed by atoms with Crippen LogP contribution < -0.4 is 4.72 Å². The molecule has 2 rings (SSSR count). The van der Waals surface area contributed by atoms with Gasteiger partial charge in [0, 0.05) is 12.8 Å². The maximum atomic E-state index is 12.8. The first-order valence-electron chi connectivity index (χ1n) is 5.87. The van der Waals surface area contributed by atoms with Crippen LogP contribution in [0.5, 0.6) is 0 Å². The number of hydrogen-bond acceptors (Lipinski definition) is 3. The van der Waals surface area contributed by atoms with Crippen LogP contribution in [0.1, 0.15) is 5.56 Å². The van der Waals surface area contributed by atoms with Crippen molar-refractivity contribution in [2.24, 2.45) is 0 Å². The molecule has 0 aliphatic carbocycles. The van der Waals surface area contributed by atoms with Gasteiger partial charge >= 0.3 is 0 Å². The van der Waals surface area contributed by atoms with Gasteiger partial charge in [-0.1, -0.05) is 12.1 Å². The van der Waals surface area contributed by atoms with Gasteiger partial charge in [-0.3, -0.25) is 4.72 Å². The van der Waals surface area contributed by atoms with Gasteiger partial charge in [0.2, 0.25) is 0 Å². The molecule has 2 aromatic carbocycles. The molecule has 20 heavy (non-hydrogen) atoms. The lowest BCUT2D eigenvalue weighted by molar-refractivity contribution is 0.185. The highest BCUT2D eigenvalue weighted by atomic mass is 32.2. The summed E-state index contributed by atoms with van der Waals surface area (Å²) in [7, 11) is -2.15. The van der Waals surface area contributed by atoms with Crippen LogP contribution >= 0.6 is 0 Å². The Morgan fingerprint density at radius 1 is 1.15 bits per heavy atom. The maximum Gasteiger partial charge on any atom is 0.261 e. The quantitative estimate of drug-likeness (QED) is 0.923. The van der Waals surface area contributed by atoms with E-state index in [2.05, 4.69) is 4.72 Å². The summed E-state index contributed by atoms with van der Waals surface area (Å²) in [6, 6.07) is 11.5. The number of sulfonamides is 1. The first-order valence-corrected chi connectivity index (χ1v) is 7.36. The molecule has 0 bridgehead atoms. The summed E-state index contributed by atoms with van der Waals surface area (Å²) in [5.41, 5.74) is 1.29. The van der Waals surface area contributed by atoms with Crippen LogP contribution in [-0.2, 0) is 21.4 Å². The van der Waals surface area contributed by atoms with E-state index in [9.17, 15) is 12.8 Å². The van der Waals surface area contributed by atoms with Gasteiger partial charge in [0.1, 0.15) is 5.82 Å². The fourth-order valence-electron chi connectivity index (χ4n) is 1.72. The van der Waals surface area contributed by atoms with E-state index in [1.807, 2.05) is 6.07 Å². The highest BCUT2D eigenvalue weighted by Crippen LogP contribution is 2.17. The van der Waals surface area contributed by atoms with Crippen LogP contribution in [0.2, 0.25) is 0 Å². The van der Waals surface area contributed by atoms with E-state index in [0.29, 0.717) is 12.3 Å². The molecule has 0 aromatic heterocycles. The monoisotopic (exact) mass is 295 g/mol. The lowest BCUT2D eigenvalue weighted by Crippen LogP contribution is -2.13. The van der Waals surface area contributed by atoms with Gasteiger partial charge in [0.05, 0.1) is 11.5 Å². The topological polar surface area (TPSA) is 55.4 Å². The van der Waals surface area contributed by atoms with E-state index in [0.717, 1.165) is 17.7 Å². The molecule has 0 aliphatic heterocycles. The van der Waals surface area contributed by atoms with Gasteiger partial charge in [-0.2, -0.15) is 0 Å². The average Bonchev–Trinajstić information content (AvgIpc) is 2.39. The molecule has 0 heterocycles. The summed E-state index contributed by atoms with van der Waals surface area (Å²) in [6.45, 7) is 0.395. The van der Waals surface area contributed by atoms with Gasteiger partial charge in [0.15, 0.2) is 0 Å². The Morgan fingerprint density at radius 3 is 2.50 bits per heavy atom. The minimum atomic E-state index is -3.72. The molecule has 0 saturated heterocycles. The van der Waals surface area contributed by atoms with Gasteiger partial charge in [-0.05, 0) is 42.0 Å². The van der Waals surface area contributed by atoms with Gasteiger partial charge in [-0.15, -0.1) is 0 Å². The molecule has 106 valence electrons. The molecule has 0 radical (unpaired) electrons. The van der Waals surface area contributed by atoms with Crippen molar-refractivity contribution in [2.45, 2.75) is 11.5 Å². The predicted octanol–water partition coefficient (Wildman–Crippen LogP) is 2.77. The van der Waals surface area contributed by atoms with Gasteiger partial charge < -0.3 is 4.74 Å². The van der Waals surface area contributed by atoms with Crippen molar-refractivity contribution in [3.8, 4) is 0 Å². The molecule has 0 unspecified atom stereocenters. The molecule has 0 spiro atoms. The van der Waals surface area contributed by atoms with E-state index < -0.39 is 15.8 Å². The predicted molar refractivity (Wildman–Crippen MR) is 74.4 cm³/mol. The minimum absolute atomic E-state index is 0.0102. The second-order valence-electron chi connectivity index (χ2n) is 4.19. The van der Waals surface area contributed by atoms with Crippen molar-refractivity contribution in [1.82, 2.24) is 0 Å². The van der Waals surface area contributed by atoms with Crippen molar-refractivity contribution >= 4 is 15.7 Å². The Hall–Kier alpha value is -1.92. The number of rotatable bonds is 5. The number of nitrogens with one attached hydrogen (secondary N) is 1. The minimum Gasteiger partial charge on any atom is -0.380 e. The molecule has 4 nitrogen and oxygen atoms in total. The zero-order valence-corrected chi connectivity index (χ0v) is 11.7. The molecule has 0 atom stereocenters. The smallest absolute Gasteiger partial charge is 0.261 e. The summed E-state index contributed by atoms with van der Waals surface area (Å²) in [5, 5.41) is 0. The number of hydrogen-bond donors (Lipinski definition) is 1. The van der Waals surface area contributed by atoms with E-state index in [-0.39, 0.29) is 4.90 Å². The van der Waals surface area contributed by atoms with Crippen LogP contribution in [0.4, 0.5) is 10.1 Å². The second kappa shape index (κ2) is 6.02. The molecular weight excluding hydrogens is 281 g/mol. The molecule has 0 amide bonds. The summed E-state index contributed by atoms with van der Waals surface area (Å²) >= 11 is 0. The number of ether oxygens (including phenoxy) is 1. The second-order valence-corrected chi connectivity index (χ2v) is 5.88. The van der Waals surface area contributed by atoms with Crippen LogP contribution in [0, 0.1) is 5.82 Å². The molecule has 0 aliphatic rings. The number of benzene rings is 2. The van der Waals surface area contributed by atoms with Crippen LogP contribution in [0.3, 0.4) is 0 Å². The fourth-order valence-corrected chi connectivity index (χ4v) is 2.77. The van der Waals surface area contributed by atoms with Crippen molar-refractivity contribution in [1.29, 1.82) is 0 Å². The Kier molecular flexibility index (Phi) is 4.36. The Morgan fingerprint density at radius 2 is 1.85 bits per heavy atom. The molecule has 2 aromatic rings. The summed E-state index contributed by atoms with van der Waals surface area (Å²) < 4.78 is 44.5. The Bertz CT molecular complexity index is 684. The Labute approximate surface area is 117 Å². The van der Waals surface area contributed by atoms with Crippen molar-refractivity contribution in [2.75, 3.05) is 11.8 Å². The third-order valence-corrected chi connectivity index (χ3v) is 4.01. The third kappa shape index (κ3) is 3.55. The standard InChI is InChI=1S/C14H14FNO3S/c1-19-10-11-3-2-4-13(9-11)16-20(17,18)14-7-5-12(15)6-8-14/h2-9,16H,10H2,1H3. The first kappa shape index (κ1) is 14.5. The normalized spacial score (nSPS) is 11.3. The Balaban J connectivity index is 2.24. The molecule has 6 heteroatoms. The molecule has 0 fully saturated rings. The zero-order chi connectivity index (χ0) is 14.6. The molecule has 1 N–H and O–H groups in total. The summed E-state index contributed by atoms with van der Waals surface area (Å²) in [4.78, 5) is 0.0102. The average molecular weight is 295 g/mol. The largest absolute Gasteiger partial charge is 0.380 e. The fraction of sp³-hybridized carbons (Fsp3) is 0.143. The van der Waals surface area contributed by atoms with Gasteiger partial charge in [-0.25, -0.2) is 12.8 Å². The van der Waals surface area contributed by atoms with E-state index >= 15 is 0 Å². The van der Waals surface area contributed by atoms with Crippen LogP contribution in [0.15, 0.2) is 53.4 Å². The van der Waals surface area contributed by atoms with Crippen molar-refractivity contribution < 1.29 is 17.5 Å². The lowest BCUT2D eigenvalue weighted by atomic mass is 10.2. The molecular formula is C14H14FNO3S. The van der Waals surface area contributed by atoms with Crippen LogP contribution in [-0.4, -0.2) is 15.5 Å². The van der Waals surface area contributed by atoms with Crippen molar-refractivity contribution in [3.63, 3.8) is 0 Å². The first-order chi connectivity index (χ1) is 9.51. The van der Waals surface area contributed by atoms with Gasteiger partial charge in [0.25, 0.3) is 10.0 Å². The van der Waals surface area contributed by atoms with Crippen molar-refractivity contribution in [3.05, 3.63) is 59.9 Å². The highest BCUT2D eigenvalue weighted by molar-refractivity contribution is 7.92. The van der Waals surface area contributed by atoms with E-state index in [1.165, 1.54) is 12.1 Å². The zero-order valence-electron chi connectivity index (χ0n) is 10.8. The van der Waals surface area contributed by atoms with E-state index in [1.54, 1.807) is 25.3 Å². The highest BCUT2D eigenvalue weighted by Gasteiger charge is 2.14. The molecule has 0 saturated carbocycles. The lowest BCUT2D eigenvalue weighted by Gasteiger charge is -2.09. The number of halogens is 1. The third-order valence-electron chi connectivity index (χ3n) is 2.61. The SMILES string of the molecule is COCc1cccc(NS(=O)(=O)c2ccc(F)cc2)c1. The summed E-state index contributed by atoms with van der Waals surface area (Å²) in [5.74, 6) is -0.481. The maximum absolute atomic E-state index is 12.8. The van der Waals surface area contributed by atoms with E-state index in [4.69, 9.17) is 4.74 Å². The summed E-state index contributed by atoms with van der Waals surface area (Å²) in [6.07, 6.45) is 0. The number of anilines is 1. The number of methoxy groups -OCH3 is 1. The van der Waals surface area contributed by atoms with Crippen LogP contribution in [0.25, 0.3) is 0 Å².